The first-order chi connectivity index (χ1) is 12.1. The quantitative estimate of drug-likeness (QED) is 0.193. The van der Waals surface area contributed by atoms with Crippen LogP contribution in [0.25, 0.3) is 0 Å². The Hall–Kier alpha value is -0.520. The van der Waals surface area contributed by atoms with Gasteiger partial charge in [-0.2, -0.15) is 0 Å². The summed E-state index contributed by atoms with van der Waals surface area (Å²) in [6.07, 6.45) is 23.9. The monoisotopic (exact) mass is 346 g/mol. The normalized spacial score (nSPS) is 17.5. The first-order valence-corrected chi connectivity index (χ1v) is 11.5. The Morgan fingerprint density at radius 1 is 0.800 bits per heavy atom. The van der Waals surface area contributed by atoms with Crippen molar-refractivity contribution in [1.29, 1.82) is 0 Å². The van der Waals surface area contributed by atoms with Crippen molar-refractivity contribution in [2.24, 2.45) is 5.92 Å². The first kappa shape index (κ1) is 22.5. The fourth-order valence-electron chi connectivity index (χ4n) is 4.31. The van der Waals surface area contributed by atoms with Gasteiger partial charge in [0.25, 0.3) is 0 Å². The zero-order valence-corrected chi connectivity index (χ0v) is 17.8. The molecule has 25 heavy (non-hydrogen) atoms. The summed E-state index contributed by atoms with van der Waals surface area (Å²) in [5.74, 6) is 0.922. The highest BCUT2D eigenvalue weighted by Gasteiger charge is 2.16. The summed E-state index contributed by atoms with van der Waals surface area (Å²) in [6, 6.07) is 0. The predicted molar refractivity (Wildman–Crippen MR) is 115 cm³/mol. The molecular weight excluding hydrogens is 300 g/mol. The van der Waals surface area contributed by atoms with E-state index in [-0.39, 0.29) is 0 Å². The molecule has 0 saturated heterocycles. The molecule has 0 amide bonds. The van der Waals surface area contributed by atoms with Crippen molar-refractivity contribution in [2.75, 3.05) is 0 Å². The van der Waals surface area contributed by atoms with Crippen molar-refractivity contribution in [2.45, 2.75) is 130 Å². The molecule has 0 fully saturated rings. The Morgan fingerprint density at radius 3 is 1.72 bits per heavy atom. The number of allylic oxidation sites excluding steroid dienone is 3. The van der Waals surface area contributed by atoms with Crippen LogP contribution in [0.4, 0.5) is 0 Å². The molecule has 0 nitrogen and oxygen atoms in total. The molecule has 1 unspecified atom stereocenters. The molecule has 0 radical (unpaired) electrons. The van der Waals surface area contributed by atoms with Gasteiger partial charge in [-0.15, -0.1) is 0 Å². The fraction of sp³-hybridized carbons (Fsp3) is 0.840. The molecule has 0 heteroatoms. The van der Waals surface area contributed by atoms with Gasteiger partial charge in [0, 0.05) is 0 Å². The van der Waals surface area contributed by atoms with E-state index in [1.54, 1.807) is 11.1 Å². The van der Waals surface area contributed by atoms with E-state index < -0.39 is 0 Å². The van der Waals surface area contributed by atoms with Gasteiger partial charge >= 0.3 is 0 Å². The molecule has 1 aliphatic carbocycles. The van der Waals surface area contributed by atoms with Crippen LogP contribution in [0, 0.1) is 5.92 Å². The zero-order valence-electron chi connectivity index (χ0n) is 17.8. The third-order valence-corrected chi connectivity index (χ3v) is 6.11. The Bertz CT molecular complexity index is 373. The van der Waals surface area contributed by atoms with Crippen LogP contribution >= 0.6 is 0 Å². The van der Waals surface area contributed by atoms with Crippen molar-refractivity contribution >= 4 is 0 Å². The Balaban J connectivity index is 1.76. The molecule has 0 aromatic rings. The summed E-state index contributed by atoms with van der Waals surface area (Å²) >= 11 is 0. The molecule has 1 aliphatic rings. The van der Waals surface area contributed by atoms with Crippen LogP contribution in [-0.4, -0.2) is 0 Å². The number of rotatable bonds is 16. The third-order valence-electron chi connectivity index (χ3n) is 6.11. The van der Waals surface area contributed by atoms with Gasteiger partial charge in [0.2, 0.25) is 0 Å². The maximum Gasteiger partial charge on any atom is -0.0289 e. The second-order valence-electron chi connectivity index (χ2n) is 8.74. The van der Waals surface area contributed by atoms with E-state index in [1.807, 2.05) is 0 Å². The van der Waals surface area contributed by atoms with E-state index in [9.17, 15) is 0 Å². The predicted octanol–water partition coefficient (Wildman–Crippen LogP) is 9.16. The highest BCUT2D eigenvalue weighted by molar-refractivity contribution is 5.18. The van der Waals surface area contributed by atoms with Crippen molar-refractivity contribution in [3.63, 3.8) is 0 Å². The van der Waals surface area contributed by atoms with Crippen molar-refractivity contribution in [1.82, 2.24) is 0 Å². The zero-order chi connectivity index (χ0) is 18.3. The number of hydrogen-bond acceptors (Lipinski definition) is 0. The third kappa shape index (κ3) is 11.7. The van der Waals surface area contributed by atoms with Gasteiger partial charge < -0.3 is 0 Å². The molecule has 0 heterocycles. The fourth-order valence-corrected chi connectivity index (χ4v) is 4.31. The lowest BCUT2D eigenvalue weighted by molar-refractivity contribution is 0.538. The molecule has 1 atom stereocenters. The van der Waals surface area contributed by atoms with Gasteiger partial charge in [0.15, 0.2) is 0 Å². The molecule has 0 bridgehead atoms. The summed E-state index contributed by atoms with van der Waals surface area (Å²) in [6.45, 7) is 11.1. The molecule has 0 aromatic heterocycles. The SMILES string of the molecule is C=C(CC)CCCCCCCCCCCCCCC1=C(C)CC(C)C1. The average molecular weight is 347 g/mol. The minimum atomic E-state index is 0.922. The van der Waals surface area contributed by atoms with E-state index >= 15 is 0 Å². The number of unbranched alkanes of at least 4 members (excludes halogenated alkanes) is 11. The lowest BCUT2D eigenvalue weighted by Gasteiger charge is -2.06. The smallest absolute Gasteiger partial charge is 0.0289 e. The van der Waals surface area contributed by atoms with Gasteiger partial charge in [0.05, 0.1) is 0 Å². The van der Waals surface area contributed by atoms with Crippen LogP contribution in [-0.2, 0) is 0 Å². The molecule has 1 rings (SSSR count). The highest BCUT2D eigenvalue weighted by Crippen LogP contribution is 2.33. The Morgan fingerprint density at radius 2 is 1.28 bits per heavy atom. The highest BCUT2D eigenvalue weighted by atomic mass is 14.2. The molecular formula is C25H46. The maximum absolute atomic E-state index is 4.09. The van der Waals surface area contributed by atoms with E-state index in [0.717, 1.165) is 12.3 Å². The lowest BCUT2D eigenvalue weighted by atomic mass is 10.0. The molecule has 146 valence electrons. The summed E-state index contributed by atoms with van der Waals surface area (Å²) in [5.41, 5.74) is 4.94. The van der Waals surface area contributed by atoms with Crippen LogP contribution in [0.2, 0.25) is 0 Å². The Labute approximate surface area is 159 Å². The molecule has 0 N–H and O–H groups in total. The number of hydrogen-bond donors (Lipinski definition) is 0. The van der Waals surface area contributed by atoms with Crippen LogP contribution in [0.5, 0.6) is 0 Å². The van der Waals surface area contributed by atoms with Crippen LogP contribution in [0.3, 0.4) is 0 Å². The van der Waals surface area contributed by atoms with Gasteiger partial charge in [-0.25, -0.2) is 0 Å². The van der Waals surface area contributed by atoms with E-state index in [4.69, 9.17) is 0 Å². The molecule has 0 aliphatic heterocycles. The summed E-state index contributed by atoms with van der Waals surface area (Å²) in [7, 11) is 0. The van der Waals surface area contributed by atoms with E-state index in [2.05, 4.69) is 27.4 Å². The maximum atomic E-state index is 4.09. The summed E-state index contributed by atoms with van der Waals surface area (Å²) in [4.78, 5) is 0. The summed E-state index contributed by atoms with van der Waals surface area (Å²) in [5, 5.41) is 0. The van der Waals surface area contributed by atoms with Gasteiger partial charge in [-0.3, -0.25) is 0 Å². The molecule has 0 saturated carbocycles. The molecule has 0 aromatic carbocycles. The lowest BCUT2D eigenvalue weighted by Crippen LogP contribution is -1.87. The van der Waals surface area contributed by atoms with Crippen molar-refractivity contribution < 1.29 is 0 Å². The first-order valence-electron chi connectivity index (χ1n) is 11.5. The van der Waals surface area contributed by atoms with Gasteiger partial charge in [-0.1, -0.05) is 101 Å². The van der Waals surface area contributed by atoms with Gasteiger partial charge in [-0.05, 0) is 57.8 Å². The van der Waals surface area contributed by atoms with Crippen molar-refractivity contribution in [3.8, 4) is 0 Å². The van der Waals surface area contributed by atoms with E-state index in [1.165, 1.54) is 108 Å². The van der Waals surface area contributed by atoms with Crippen LogP contribution in [0.15, 0.2) is 23.3 Å². The second-order valence-corrected chi connectivity index (χ2v) is 8.74. The van der Waals surface area contributed by atoms with Gasteiger partial charge in [0.1, 0.15) is 0 Å². The average Bonchev–Trinajstić information content (AvgIpc) is 2.92. The summed E-state index contributed by atoms with van der Waals surface area (Å²) < 4.78 is 0. The molecule has 0 spiro atoms. The topological polar surface area (TPSA) is 0 Å². The van der Waals surface area contributed by atoms with Crippen molar-refractivity contribution in [3.05, 3.63) is 23.3 Å². The van der Waals surface area contributed by atoms with Crippen LogP contribution in [0.1, 0.15) is 130 Å². The standard InChI is InChI=1S/C25H46/c1-5-22(2)18-16-14-12-10-8-6-7-9-11-13-15-17-19-25-21-23(3)20-24(25)4/h23H,2,5-21H2,1,3-4H3. The minimum absolute atomic E-state index is 0.922. The van der Waals surface area contributed by atoms with Crippen LogP contribution < -0.4 is 0 Å². The largest absolute Gasteiger partial charge is 0.0999 e. The van der Waals surface area contributed by atoms with E-state index in [0.29, 0.717) is 0 Å². The second kappa shape index (κ2) is 14.6. The Kier molecular flexibility index (Phi) is 13.2. The minimum Gasteiger partial charge on any atom is -0.0999 e.